The van der Waals surface area contributed by atoms with Crippen molar-refractivity contribution in [1.29, 1.82) is 0 Å². The van der Waals surface area contributed by atoms with Crippen molar-refractivity contribution in [3.05, 3.63) is 23.0 Å². The number of aromatic nitrogens is 4. The second-order valence-electron chi connectivity index (χ2n) is 9.58. The van der Waals surface area contributed by atoms with Gasteiger partial charge in [0, 0.05) is 44.4 Å². The molecule has 2 aromatic heterocycles. The number of nitrogens with zero attached hydrogens (tertiary/aromatic N) is 6. The summed E-state index contributed by atoms with van der Waals surface area (Å²) in [6, 6.07) is -2.71. The highest BCUT2D eigenvalue weighted by Gasteiger charge is 2.56. The molecule has 5 rings (SSSR count). The van der Waals surface area contributed by atoms with E-state index in [0.717, 1.165) is 35.8 Å². The van der Waals surface area contributed by atoms with Crippen molar-refractivity contribution in [2.75, 3.05) is 25.4 Å². The Kier molecular flexibility index (Phi) is 7.44. The van der Waals surface area contributed by atoms with Crippen LogP contribution < -0.4 is 21.7 Å². The molecule has 1 saturated carbocycles. The molecular formula is C20H26N10O8S2. The van der Waals surface area contributed by atoms with Crippen LogP contribution in [0.1, 0.15) is 24.2 Å². The molecule has 3 aliphatic rings. The van der Waals surface area contributed by atoms with Crippen molar-refractivity contribution in [2.24, 2.45) is 11.1 Å². The number of rotatable bonds is 13. The minimum atomic E-state index is -4.97. The molecule has 20 heteroatoms. The number of carboxylic acids is 1. The molecule has 2 aromatic rings. The van der Waals surface area contributed by atoms with E-state index in [9.17, 15) is 32.5 Å². The SMILES string of the molecule is Nc1nc(/C(=N/OC2(C(=O)O)CC2)C(=O)N[C@@H]2C(=O)N(S(=O)(=O)O)[C@@H]2Cn2ncc(CNCC3CNC3)n2)cs1. The van der Waals surface area contributed by atoms with Gasteiger partial charge in [0.05, 0.1) is 18.4 Å². The number of nitrogens with one attached hydrogen (secondary N) is 3. The number of β-lactam (4-membered cyclic amide) rings is 1. The van der Waals surface area contributed by atoms with E-state index < -0.39 is 51.5 Å². The molecule has 1 aliphatic carbocycles. The van der Waals surface area contributed by atoms with Crippen LogP contribution in [0.2, 0.25) is 0 Å². The molecule has 2 amide bonds. The summed E-state index contributed by atoms with van der Waals surface area (Å²) >= 11 is 0.983. The number of hydrogen-bond donors (Lipinski definition) is 6. The van der Waals surface area contributed by atoms with Crippen molar-refractivity contribution in [3.8, 4) is 0 Å². The Morgan fingerprint density at radius 3 is 2.67 bits per heavy atom. The first-order chi connectivity index (χ1) is 19.0. The summed E-state index contributed by atoms with van der Waals surface area (Å²) in [5, 5.41) is 31.7. The second-order valence-corrected chi connectivity index (χ2v) is 11.8. The minimum Gasteiger partial charge on any atom is -0.478 e. The average molecular weight is 599 g/mol. The van der Waals surface area contributed by atoms with Crippen LogP contribution in [0, 0.1) is 5.92 Å². The summed E-state index contributed by atoms with van der Waals surface area (Å²) in [6.45, 7) is 2.79. The van der Waals surface area contributed by atoms with Crippen molar-refractivity contribution < 1.29 is 37.3 Å². The Morgan fingerprint density at radius 1 is 1.35 bits per heavy atom. The predicted molar refractivity (Wildman–Crippen MR) is 136 cm³/mol. The van der Waals surface area contributed by atoms with Gasteiger partial charge in [0.25, 0.3) is 11.8 Å². The van der Waals surface area contributed by atoms with Crippen LogP contribution in [0.5, 0.6) is 0 Å². The maximum Gasteiger partial charge on any atom is 0.362 e. The van der Waals surface area contributed by atoms with E-state index in [-0.39, 0.29) is 34.5 Å². The molecule has 216 valence electrons. The Hall–Kier alpha value is -3.72. The number of carboxylic acid groups (broad SMARTS) is 1. The van der Waals surface area contributed by atoms with Crippen LogP contribution in [0.25, 0.3) is 0 Å². The van der Waals surface area contributed by atoms with Gasteiger partial charge in [0.1, 0.15) is 17.8 Å². The summed E-state index contributed by atoms with van der Waals surface area (Å²) in [4.78, 5) is 47.6. The number of anilines is 1. The molecular weight excluding hydrogens is 572 g/mol. The fourth-order valence-corrected chi connectivity index (χ4v) is 5.53. The monoisotopic (exact) mass is 598 g/mol. The molecule has 2 atom stereocenters. The lowest BCUT2D eigenvalue weighted by molar-refractivity contribution is -0.153. The highest BCUT2D eigenvalue weighted by Crippen LogP contribution is 2.40. The van der Waals surface area contributed by atoms with Gasteiger partial charge in [-0.3, -0.25) is 14.1 Å². The molecule has 0 spiro atoms. The lowest BCUT2D eigenvalue weighted by Gasteiger charge is -2.43. The molecule has 0 bridgehead atoms. The zero-order chi connectivity index (χ0) is 28.7. The number of aliphatic carboxylic acids is 1. The van der Waals surface area contributed by atoms with E-state index in [1.807, 2.05) is 0 Å². The van der Waals surface area contributed by atoms with Gasteiger partial charge in [0.2, 0.25) is 5.60 Å². The maximum absolute atomic E-state index is 13.2. The summed E-state index contributed by atoms with van der Waals surface area (Å²) < 4.78 is 33.6. The fraction of sp³-hybridized carbons (Fsp3) is 0.550. The number of carbonyl (C=O) groups is 3. The Balaban J connectivity index is 1.30. The molecule has 18 nitrogen and oxygen atoms in total. The number of nitrogens with two attached hydrogens (primary N) is 1. The molecule has 3 fully saturated rings. The van der Waals surface area contributed by atoms with Crippen molar-refractivity contribution in [1.82, 2.24) is 40.2 Å². The van der Waals surface area contributed by atoms with Gasteiger partial charge in [-0.2, -0.15) is 23.4 Å². The first-order valence-corrected chi connectivity index (χ1v) is 14.4. The van der Waals surface area contributed by atoms with Crippen LogP contribution in [-0.4, -0.2) is 103 Å². The van der Waals surface area contributed by atoms with Crippen molar-refractivity contribution in [2.45, 2.75) is 43.6 Å². The van der Waals surface area contributed by atoms with E-state index in [4.69, 9.17) is 10.6 Å². The lowest BCUT2D eigenvalue weighted by atomic mass is 9.98. The van der Waals surface area contributed by atoms with Gasteiger partial charge in [0.15, 0.2) is 10.8 Å². The minimum absolute atomic E-state index is 0.0419. The van der Waals surface area contributed by atoms with E-state index in [1.54, 1.807) is 0 Å². The molecule has 0 unspecified atom stereocenters. The molecule has 7 N–H and O–H groups in total. The normalized spacial score (nSPS) is 22.4. The number of hydrogen-bond acceptors (Lipinski definition) is 14. The summed E-state index contributed by atoms with van der Waals surface area (Å²) in [6.07, 6.45) is 1.83. The smallest absolute Gasteiger partial charge is 0.362 e. The highest BCUT2D eigenvalue weighted by atomic mass is 32.2. The van der Waals surface area contributed by atoms with E-state index in [0.29, 0.717) is 18.2 Å². The number of thiazole rings is 1. The summed E-state index contributed by atoms with van der Waals surface area (Å²) in [7, 11) is -4.97. The van der Waals surface area contributed by atoms with Gasteiger partial charge < -0.3 is 31.6 Å². The van der Waals surface area contributed by atoms with Gasteiger partial charge in [-0.1, -0.05) is 5.16 Å². The first-order valence-electron chi connectivity index (χ1n) is 12.1. The van der Waals surface area contributed by atoms with Crippen LogP contribution in [0.3, 0.4) is 0 Å². The lowest BCUT2D eigenvalue weighted by Crippen LogP contribution is -2.73. The molecule has 0 radical (unpaired) electrons. The number of amides is 2. The standard InChI is InChI=1S/C20H26N10O8S2/c21-19-25-12(9-39-19)14(28-38-20(1-2-20)18(33)34)16(31)26-15-13(30(17(15)32)40(35,36)37)8-29-24-7-11(27-29)6-23-5-10-3-22-4-10/h7,9-10,13,15,22-23H,1-6,8H2,(H2,21,25)(H,26,31)(H,33,34)(H,35,36,37)/b28-14-/t13-,15+/m1/s1. The number of nitrogen functional groups attached to an aromatic ring is 1. The van der Waals surface area contributed by atoms with Gasteiger partial charge in [-0.15, -0.1) is 11.3 Å². The predicted octanol–water partition coefficient (Wildman–Crippen LogP) is -2.84. The fourth-order valence-electron chi connectivity index (χ4n) is 4.11. The van der Waals surface area contributed by atoms with Gasteiger partial charge in [-0.05, 0) is 5.92 Å². The Morgan fingerprint density at radius 2 is 2.10 bits per heavy atom. The molecule has 2 saturated heterocycles. The van der Waals surface area contributed by atoms with Crippen LogP contribution >= 0.6 is 11.3 Å². The van der Waals surface area contributed by atoms with Crippen molar-refractivity contribution in [3.63, 3.8) is 0 Å². The number of oxime groups is 1. The van der Waals surface area contributed by atoms with E-state index >= 15 is 0 Å². The van der Waals surface area contributed by atoms with Crippen LogP contribution in [0.4, 0.5) is 5.13 Å². The quantitative estimate of drug-likeness (QED) is 0.0588. The number of carbonyl (C=O) groups excluding carboxylic acids is 2. The van der Waals surface area contributed by atoms with E-state index in [2.05, 4.69) is 36.3 Å². The van der Waals surface area contributed by atoms with E-state index in [1.165, 1.54) is 11.6 Å². The van der Waals surface area contributed by atoms with Crippen molar-refractivity contribution >= 4 is 50.3 Å². The Bertz CT molecular complexity index is 1450. The van der Waals surface area contributed by atoms with Crippen LogP contribution in [0.15, 0.2) is 16.7 Å². The summed E-state index contributed by atoms with van der Waals surface area (Å²) in [5.41, 5.74) is 4.14. The maximum atomic E-state index is 13.2. The molecule has 2 aliphatic heterocycles. The average Bonchev–Trinajstić information content (AvgIpc) is 3.32. The van der Waals surface area contributed by atoms with Gasteiger partial charge >= 0.3 is 16.3 Å². The third kappa shape index (κ3) is 5.75. The van der Waals surface area contributed by atoms with Gasteiger partial charge in [-0.25, -0.2) is 14.1 Å². The second kappa shape index (κ2) is 10.7. The molecule has 40 heavy (non-hydrogen) atoms. The van der Waals surface area contributed by atoms with Crippen LogP contribution in [-0.2, 0) is 42.6 Å². The highest BCUT2D eigenvalue weighted by molar-refractivity contribution is 7.84. The topological polar surface area (TPSA) is 256 Å². The zero-order valence-electron chi connectivity index (χ0n) is 20.8. The molecule has 0 aromatic carbocycles. The third-order valence-corrected chi connectivity index (χ3v) is 8.25. The summed E-state index contributed by atoms with van der Waals surface area (Å²) in [5.74, 6) is -2.84. The third-order valence-electron chi connectivity index (χ3n) is 6.63. The first kappa shape index (κ1) is 27.8. The largest absolute Gasteiger partial charge is 0.478 e. The zero-order valence-corrected chi connectivity index (χ0v) is 22.4. The molecule has 4 heterocycles. The Labute approximate surface area is 230 Å².